The Labute approximate surface area is 170 Å². The lowest BCUT2D eigenvalue weighted by molar-refractivity contribution is -0.130. The molecule has 1 N–H and O–H groups in total. The third kappa shape index (κ3) is 5.60. The predicted octanol–water partition coefficient (Wildman–Crippen LogP) is 1.89. The molecule has 1 aliphatic rings. The van der Waals surface area contributed by atoms with Crippen molar-refractivity contribution in [2.24, 2.45) is 0 Å². The molecular formula is C21H26N4O4. The second-order valence-electron chi connectivity index (χ2n) is 6.68. The lowest BCUT2D eigenvalue weighted by Gasteiger charge is -2.34. The van der Waals surface area contributed by atoms with E-state index in [1.165, 1.54) is 0 Å². The molecule has 154 valence electrons. The number of pyridine rings is 1. The molecule has 2 aromatic rings. The Balaban J connectivity index is 1.47. The molecule has 2 heterocycles. The Hall–Kier alpha value is -3.29. The normalized spacial score (nSPS) is 13.7. The minimum absolute atomic E-state index is 0.0457. The van der Waals surface area contributed by atoms with Gasteiger partial charge in [-0.15, -0.1) is 0 Å². The fourth-order valence-corrected chi connectivity index (χ4v) is 3.09. The summed E-state index contributed by atoms with van der Waals surface area (Å²) >= 11 is 0. The molecule has 0 radical (unpaired) electrons. The molecule has 1 aromatic carbocycles. The zero-order valence-electron chi connectivity index (χ0n) is 16.8. The van der Waals surface area contributed by atoms with Crippen molar-refractivity contribution in [1.82, 2.24) is 14.8 Å². The van der Waals surface area contributed by atoms with E-state index in [0.29, 0.717) is 50.7 Å². The molecule has 0 saturated carbocycles. The minimum atomic E-state index is -0.0480. The van der Waals surface area contributed by atoms with Crippen LogP contribution in [0.15, 0.2) is 42.6 Å². The van der Waals surface area contributed by atoms with E-state index in [2.05, 4.69) is 10.3 Å². The van der Waals surface area contributed by atoms with Gasteiger partial charge in [0.05, 0.1) is 13.7 Å². The van der Waals surface area contributed by atoms with Crippen molar-refractivity contribution in [3.63, 3.8) is 0 Å². The molecular weight excluding hydrogens is 372 g/mol. The molecule has 1 aliphatic heterocycles. The first-order valence-electron chi connectivity index (χ1n) is 9.58. The van der Waals surface area contributed by atoms with Gasteiger partial charge in [-0.3, -0.25) is 9.59 Å². The number of carbonyl (C=O) groups excluding carboxylic acids is 2. The van der Waals surface area contributed by atoms with Crippen LogP contribution in [0, 0.1) is 0 Å². The zero-order valence-corrected chi connectivity index (χ0v) is 16.8. The first-order valence-corrected chi connectivity index (χ1v) is 9.58. The number of aromatic nitrogens is 1. The van der Waals surface area contributed by atoms with E-state index >= 15 is 0 Å². The summed E-state index contributed by atoms with van der Waals surface area (Å²) < 4.78 is 10.8. The predicted molar refractivity (Wildman–Crippen MR) is 109 cm³/mol. The molecule has 3 rings (SSSR count). The molecule has 8 nitrogen and oxygen atoms in total. The number of nitrogens with zero attached hydrogens (tertiary/aromatic N) is 3. The van der Waals surface area contributed by atoms with E-state index in [0.717, 1.165) is 11.5 Å². The van der Waals surface area contributed by atoms with Gasteiger partial charge < -0.3 is 24.6 Å². The smallest absolute Gasteiger partial charge is 0.254 e. The minimum Gasteiger partial charge on any atom is -0.497 e. The maximum Gasteiger partial charge on any atom is 0.254 e. The van der Waals surface area contributed by atoms with Crippen molar-refractivity contribution in [2.75, 3.05) is 51.8 Å². The van der Waals surface area contributed by atoms with E-state index in [4.69, 9.17) is 9.47 Å². The summed E-state index contributed by atoms with van der Waals surface area (Å²) in [7, 11) is 1.62. The third-order valence-corrected chi connectivity index (χ3v) is 4.76. The van der Waals surface area contributed by atoms with Crippen molar-refractivity contribution in [2.45, 2.75) is 6.92 Å². The number of ether oxygens (including phenoxy) is 2. The van der Waals surface area contributed by atoms with Crippen LogP contribution in [0.1, 0.15) is 17.3 Å². The number of piperazine rings is 1. The van der Waals surface area contributed by atoms with E-state index in [1.54, 1.807) is 42.2 Å². The average molecular weight is 398 g/mol. The Bertz CT molecular complexity index is 833. The summed E-state index contributed by atoms with van der Waals surface area (Å²) in [5.74, 6) is 2.16. The van der Waals surface area contributed by atoms with Gasteiger partial charge in [-0.2, -0.15) is 0 Å². The largest absolute Gasteiger partial charge is 0.497 e. The second kappa shape index (κ2) is 9.77. The zero-order chi connectivity index (χ0) is 20.6. The van der Waals surface area contributed by atoms with Crippen LogP contribution in [-0.4, -0.2) is 73.0 Å². The Morgan fingerprint density at radius 3 is 2.34 bits per heavy atom. The highest BCUT2D eigenvalue weighted by Crippen LogP contribution is 2.17. The molecule has 0 atom stereocenters. The van der Waals surface area contributed by atoms with Gasteiger partial charge in [-0.1, -0.05) is 0 Å². The molecule has 0 spiro atoms. The number of benzene rings is 1. The van der Waals surface area contributed by atoms with Crippen molar-refractivity contribution >= 4 is 17.6 Å². The summed E-state index contributed by atoms with van der Waals surface area (Å²) in [6.07, 6.45) is 1.62. The average Bonchev–Trinajstić information content (AvgIpc) is 2.77. The summed E-state index contributed by atoms with van der Waals surface area (Å²) in [5.41, 5.74) is 0.579. The number of hydrogen-bond donors (Lipinski definition) is 1. The summed E-state index contributed by atoms with van der Waals surface area (Å²) in [4.78, 5) is 31.9. The molecule has 0 aliphatic carbocycles. The number of methoxy groups -OCH3 is 1. The summed E-state index contributed by atoms with van der Waals surface area (Å²) in [6.45, 7) is 4.78. The Morgan fingerprint density at radius 2 is 1.69 bits per heavy atom. The van der Waals surface area contributed by atoms with E-state index in [-0.39, 0.29) is 11.8 Å². The lowest BCUT2D eigenvalue weighted by Crippen LogP contribution is -2.50. The van der Waals surface area contributed by atoms with Gasteiger partial charge in [-0.25, -0.2) is 4.98 Å². The fourth-order valence-electron chi connectivity index (χ4n) is 3.09. The highest BCUT2D eigenvalue weighted by molar-refractivity contribution is 5.95. The van der Waals surface area contributed by atoms with Crippen molar-refractivity contribution < 1.29 is 19.1 Å². The van der Waals surface area contributed by atoms with Crippen LogP contribution in [0.2, 0.25) is 0 Å². The molecule has 1 aromatic heterocycles. The van der Waals surface area contributed by atoms with Crippen LogP contribution in [-0.2, 0) is 4.79 Å². The fraction of sp³-hybridized carbons (Fsp3) is 0.381. The first-order chi connectivity index (χ1) is 14.1. The standard InChI is InChI=1S/C21H26N4O4/c1-16(26)24-10-12-25(13-11-24)21(27)17-7-8-22-20(15-17)23-9-14-29-19-5-3-18(28-2)4-6-19/h3-8,15H,9-14H2,1-2H3,(H,22,23). The number of nitrogens with one attached hydrogen (secondary N) is 1. The number of amides is 2. The van der Waals surface area contributed by atoms with Crippen molar-refractivity contribution in [3.05, 3.63) is 48.2 Å². The van der Waals surface area contributed by atoms with Crippen LogP contribution >= 0.6 is 0 Å². The van der Waals surface area contributed by atoms with Crippen molar-refractivity contribution in [1.29, 1.82) is 0 Å². The van der Waals surface area contributed by atoms with Crippen LogP contribution in [0.3, 0.4) is 0 Å². The van der Waals surface area contributed by atoms with Gasteiger partial charge in [0.25, 0.3) is 5.91 Å². The summed E-state index contributed by atoms with van der Waals surface area (Å²) in [5, 5.41) is 3.17. The van der Waals surface area contributed by atoms with Crippen LogP contribution in [0.25, 0.3) is 0 Å². The second-order valence-corrected chi connectivity index (χ2v) is 6.68. The highest BCUT2D eigenvalue weighted by Gasteiger charge is 2.23. The quantitative estimate of drug-likeness (QED) is 0.717. The maximum atomic E-state index is 12.7. The van der Waals surface area contributed by atoms with Gasteiger partial charge >= 0.3 is 0 Å². The first kappa shape index (κ1) is 20.4. The lowest BCUT2D eigenvalue weighted by atomic mass is 10.2. The number of hydrogen-bond acceptors (Lipinski definition) is 6. The highest BCUT2D eigenvalue weighted by atomic mass is 16.5. The third-order valence-electron chi connectivity index (χ3n) is 4.76. The molecule has 2 amide bonds. The summed E-state index contributed by atoms with van der Waals surface area (Å²) in [6, 6.07) is 10.8. The van der Waals surface area contributed by atoms with Gasteiger partial charge in [-0.05, 0) is 36.4 Å². The van der Waals surface area contributed by atoms with Gasteiger partial charge in [0, 0.05) is 44.9 Å². The molecule has 1 saturated heterocycles. The van der Waals surface area contributed by atoms with Crippen LogP contribution in [0.5, 0.6) is 11.5 Å². The topological polar surface area (TPSA) is 84.0 Å². The molecule has 8 heteroatoms. The monoisotopic (exact) mass is 398 g/mol. The Morgan fingerprint density at radius 1 is 1.03 bits per heavy atom. The molecule has 0 bridgehead atoms. The number of rotatable bonds is 7. The molecule has 1 fully saturated rings. The maximum absolute atomic E-state index is 12.7. The van der Waals surface area contributed by atoms with Gasteiger partial charge in [0.2, 0.25) is 5.91 Å². The SMILES string of the molecule is COc1ccc(OCCNc2cc(C(=O)N3CCN(C(C)=O)CC3)ccn2)cc1. The van der Waals surface area contributed by atoms with E-state index in [9.17, 15) is 9.59 Å². The van der Waals surface area contributed by atoms with Crippen LogP contribution < -0.4 is 14.8 Å². The van der Waals surface area contributed by atoms with E-state index in [1.807, 2.05) is 24.3 Å². The molecule has 29 heavy (non-hydrogen) atoms. The number of carbonyl (C=O) groups is 2. The van der Waals surface area contributed by atoms with Gasteiger partial charge in [0.15, 0.2) is 0 Å². The number of anilines is 1. The van der Waals surface area contributed by atoms with Gasteiger partial charge in [0.1, 0.15) is 23.9 Å². The Kier molecular flexibility index (Phi) is 6.89. The van der Waals surface area contributed by atoms with Crippen molar-refractivity contribution in [3.8, 4) is 11.5 Å². The van der Waals surface area contributed by atoms with E-state index < -0.39 is 0 Å². The molecule has 0 unspecified atom stereocenters. The van der Waals surface area contributed by atoms with Crippen LogP contribution in [0.4, 0.5) is 5.82 Å².